The number of hydrogen-bond acceptors (Lipinski definition) is 2. The molecular formula is C12H22N2. The summed E-state index contributed by atoms with van der Waals surface area (Å²) >= 11 is 0. The number of rotatable bonds is 3. The zero-order chi connectivity index (χ0) is 9.97. The summed E-state index contributed by atoms with van der Waals surface area (Å²) in [5.41, 5.74) is 6.76. The molecule has 0 aromatic carbocycles. The summed E-state index contributed by atoms with van der Waals surface area (Å²) in [7, 11) is 0. The van der Waals surface area contributed by atoms with E-state index in [1.165, 1.54) is 44.3 Å². The quantitative estimate of drug-likeness (QED) is 0.692. The minimum Gasteiger partial charge on any atom is -0.327 e. The first-order chi connectivity index (χ1) is 6.78. The topological polar surface area (TPSA) is 29.3 Å². The minimum atomic E-state index is 0.645. The van der Waals surface area contributed by atoms with Crippen LogP contribution >= 0.6 is 0 Å². The fraction of sp³-hybridized carbons (Fsp3) is 0.833. The fourth-order valence-corrected chi connectivity index (χ4v) is 3.05. The monoisotopic (exact) mass is 194 g/mol. The van der Waals surface area contributed by atoms with Crippen LogP contribution in [0.5, 0.6) is 0 Å². The second-order valence-corrected chi connectivity index (χ2v) is 5.05. The van der Waals surface area contributed by atoms with Crippen LogP contribution in [-0.2, 0) is 0 Å². The number of piperidine rings is 1. The molecule has 2 rings (SSSR count). The van der Waals surface area contributed by atoms with Crippen molar-refractivity contribution >= 4 is 0 Å². The molecule has 80 valence electrons. The van der Waals surface area contributed by atoms with E-state index in [0.717, 1.165) is 18.4 Å². The lowest BCUT2D eigenvalue weighted by atomic mass is 9.78. The van der Waals surface area contributed by atoms with Crippen molar-refractivity contribution in [1.82, 2.24) is 4.90 Å². The molecule has 2 unspecified atom stereocenters. The molecule has 2 atom stereocenters. The highest BCUT2D eigenvalue weighted by Gasteiger charge is 2.30. The third-order valence-electron chi connectivity index (χ3n) is 3.66. The summed E-state index contributed by atoms with van der Waals surface area (Å²) in [6, 6.07) is 0. The van der Waals surface area contributed by atoms with Gasteiger partial charge in [0.05, 0.1) is 0 Å². The van der Waals surface area contributed by atoms with Gasteiger partial charge in [0.25, 0.3) is 0 Å². The maximum absolute atomic E-state index is 5.58. The summed E-state index contributed by atoms with van der Waals surface area (Å²) in [6.07, 6.45) is 5.83. The maximum atomic E-state index is 5.58. The summed E-state index contributed by atoms with van der Waals surface area (Å²) in [5.74, 6) is 1.93. The van der Waals surface area contributed by atoms with Crippen LogP contribution in [0, 0.1) is 11.8 Å². The first-order valence-electron chi connectivity index (χ1n) is 5.87. The van der Waals surface area contributed by atoms with E-state index in [0.29, 0.717) is 6.54 Å². The lowest BCUT2D eigenvalue weighted by Crippen LogP contribution is -2.43. The van der Waals surface area contributed by atoms with Crippen LogP contribution < -0.4 is 5.73 Å². The molecule has 2 aliphatic rings. The van der Waals surface area contributed by atoms with Gasteiger partial charge < -0.3 is 5.73 Å². The molecule has 2 bridgehead atoms. The molecule has 0 aromatic rings. The Bertz CT molecular complexity index is 200. The fourth-order valence-electron chi connectivity index (χ4n) is 3.05. The number of nitrogens with zero attached hydrogens (tertiary/aromatic N) is 1. The molecular weight excluding hydrogens is 172 g/mol. The Balaban J connectivity index is 1.86. The summed E-state index contributed by atoms with van der Waals surface area (Å²) in [5, 5.41) is 0. The van der Waals surface area contributed by atoms with Gasteiger partial charge >= 0.3 is 0 Å². The normalized spacial score (nSPS) is 32.9. The van der Waals surface area contributed by atoms with Gasteiger partial charge in [0, 0.05) is 26.2 Å². The molecule has 0 radical (unpaired) electrons. The molecule has 0 aromatic heterocycles. The van der Waals surface area contributed by atoms with Crippen molar-refractivity contribution in [2.24, 2.45) is 17.6 Å². The van der Waals surface area contributed by atoms with Crippen LogP contribution in [0.25, 0.3) is 0 Å². The second-order valence-electron chi connectivity index (χ2n) is 5.05. The van der Waals surface area contributed by atoms with Crippen molar-refractivity contribution in [3.05, 3.63) is 12.2 Å². The molecule has 0 amide bonds. The van der Waals surface area contributed by atoms with Gasteiger partial charge in [0.1, 0.15) is 0 Å². The highest BCUT2D eigenvalue weighted by atomic mass is 15.1. The highest BCUT2D eigenvalue weighted by molar-refractivity contribution is 5.00. The Labute approximate surface area is 87.2 Å². The number of likely N-dealkylation sites (tertiary alicyclic amines) is 1. The average Bonchev–Trinajstić information content (AvgIpc) is 2.17. The third kappa shape index (κ3) is 2.37. The van der Waals surface area contributed by atoms with Crippen LogP contribution in [-0.4, -0.2) is 31.1 Å². The summed E-state index contributed by atoms with van der Waals surface area (Å²) < 4.78 is 0. The molecule has 1 heterocycles. The van der Waals surface area contributed by atoms with Crippen molar-refractivity contribution in [2.75, 3.05) is 26.2 Å². The lowest BCUT2D eigenvalue weighted by molar-refractivity contribution is 0.0935. The number of hydrogen-bond donors (Lipinski definition) is 1. The maximum Gasteiger partial charge on any atom is 0.0203 e. The van der Waals surface area contributed by atoms with Gasteiger partial charge in [0.15, 0.2) is 0 Å². The van der Waals surface area contributed by atoms with Crippen LogP contribution in [0.2, 0.25) is 0 Å². The SMILES string of the molecule is C=C(CN)CN1CC2CCCC(C2)C1. The molecule has 0 spiro atoms. The van der Waals surface area contributed by atoms with Gasteiger partial charge in [-0.15, -0.1) is 0 Å². The predicted molar refractivity (Wildman–Crippen MR) is 60.1 cm³/mol. The number of fused-ring (bicyclic) bond motifs is 2. The Morgan fingerprint density at radius 1 is 1.29 bits per heavy atom. The Morgan fingerprint density at radius 3 is 2.50 bits per heavy atom. The van der Waals surface area contributed by atoms with Gasteiger partial charge in [-0.25, -0.2) is 0 Å². The average molecular weight is 194 g/mol. The van der Waals surface area contributed by atoms with E-state index < -0.39 is 0 Å². The van der Waals surface area contributed by atoms with Gasteiger partial charge in [-0.05, 0) is 36.7 Å². The van der Waals surface area contributed by atoms with Gasteiger partial charge in [-0.2, -0.15) is 0 Å². The van der Waals surface area contributed by atoms with E-state index >= 15 is 0 Å². The summed E-state index contributed by atoms with van der Waals surface area (Å²) in [6.45, 7) is 8.24. The first kappa shape index (κ1) is 10.2. The third-order valence-corrected chi connectivity index (χ3v) is 3.66. The minimum absolute atomic E-state index is 0.645. The molecule has 1 saturated heterocycles. The predicted octanol–water partition coefficient (Wildman–Crippen LogP) is 1.62. The van der Waals surface area contributed by atoms with Crippen molar-refractivity contribution in [3.8, 4) is 0 Å². The molecule has 2 heteroatoms. The van der Waals surface area contributed by atoms with Gasteiger partial charge in [-0.3, -0.25) is 4.90 Å². The smallest absolute Gasteiger partial charge is 0.0203 e. The molecule has 2 fully saturated rings. The van der Waals surface area contributed by atoms with Crippen molar-refractivity contribution in [2.45, 2.75) is 25.7 Å². The van der Waals surface area contributed by atoms with E-state index in [4.69, 9.17) is 5.73 Å². The Kier molecular flexibility index (Phi) is 3.24. The molecule has 1 saturated carbocycles. The van der Waals surface area contributed by atoms with Crippen molar-refractivity contribution < 1.29 is 0 Å². The van der Waals surface area contributed by atoms with Gasteiger partial charge in [-0.1, -0.05) is 13.0 Å². The van der Waals surface area contributed by atoms with E-state index in [-0.39, 0.29) is 0 Å². The molecule has 2 N–H and O–H groups in total. The number of nitrogens with two attached hydrogens (primary N) is 1. The van der Waals surface area contributed by atoms with Crippen LogP contribution in [0.1, 0.15) is 25.7 Å². The van der Waals surface area contributed by atoms with Crippen LogP contribution in [0.3, 0.4) is 0 Å². The molecule has 2 nitrogen and oxygen atoms in total. The van der Waals surface area contributed by atoms with E-state index in [9.17, 15) is 0 Å². The standard InChI is InChI=1S/C12H22N2/c1-10(6-13)7-14-8-11-3-2-4-12(5-11)9-14/h11-12H,1-9,13H2. The lowest BCUT2D eigenvalue weighted by Gasteiger charge is -2.41. The van der Waals surface area contributed by atoms with Crippen molar-refractivity contribution in [1.29, 1.82) is 0 Å². The second kappa shape index (κ2) is 4.45. The molecule has 1 aliphatic heterocycles. The highest BCUT2D eigenvalue weighted by Crippen LogP contribution is 2.34. The zero-order valence-corrected chi connectivity index (χ0v) is 9.04. The Morgan fingerprint density at radius 2 is 1.93 bits per heavy atom. The molecule has 14 heavy (non-hydrogen) atoms. The van der Waals surface area contributed by atoms with Crippen LogP contribution in [0.4, 0.5) is 0 Å². The van der Waals surface area contributed by atoms with E-state index in [2.05, 4.69) is 11.5 Å². The van der Waals surface area contributed by atoms with Crippen LogP contribution in [0.15, 0.2) is 12.2 Å². The largest absolute Gasteiger partial charge is 0.327 e. The summed E-state index contributed by atoms with van der Waals surface area (Å²) in [4.78, 5) is 2.56. The zero-order valence-electron chi connectivity index (χ0n) is 9.04. The van der Waals surface area contributed by atoms with Gasteiger partial charge in [0.2, 0.25) is 0 Å². The Hall–Kier alpha value is -0.340. The van der Waals surface area contributed by atoms with E-state index in [1.807, 2.05) is 0 Å². The molecule has 1 aliphatic carbocycles. The van der Waals surface area contributed by atoms with E-state index in [1.54, 1.807) is 0 Å². The first-order valence-corrected chi connectivity index (χ1v) is 5.87. The van der Waals surface area contributed by atoms with Crippen molar-refractivity contribution in [3.63, 3.8) is 0 Å².